The van der Waals surface area contributed by atoms with Gasteiger partial charge in [0.05, 0.1) is 16.6 Å². The van der Waals surface area contributed by atoms with E-state index in [0.29, 0.717) is 5.39 Å². The number of furan rings is 1. The highest BCUT2D eigenvalue weighted by molar-refractivity contribution is 6.16. The van der Waals surface area contributed by atoms with Crippen molar-refractivity contribution in [2.75, 3.05) is 0 Å². The van der Waals surface area contributed by atoms with Gasteiger partial charge in [0.2, 0.25) is 0 Å². The molecule has 3 heterocycles. The maximum Gasteiger partial charge on any atom is 0.256 e. The van der Waals surface area contributed by atoms with Gasteiger partial charge < -0.3 is 14.0 Å². The first-order valence-electron chi connectivity index (χ1n) is 12.3. The van der Waals surface area contributed by atoms with Crippen LogP contribution in [0.4, 0.5) is 0 Å². The fourth-order valence-electron chi connectivity index (χ4n) is 5.72. The lowest BCUT2D eigenvalue weighted by atomic mass is 10.0. The number of benzene rings is 5. The number of aromatic nitrogens is 2. The van der Waals surface area contributed by atoms with Crippen LogP contribution < -0.4 is 5.56 Å². The van der Waals surface area contributed by atoms with Crippen molar-refractivity contribution in [3.8, 4) is 16.8 Å². The third kappa shape index (κ3) is 2.81. The number of pyridine rings is 1. The molecular formula is C33H20N2O2. The van der Waals surface area contributed by atoms with Crippen molar-refractivity contribution in [2.24, 2.45) is 0 Å². The minimum absolute atomic E-state index is 0.0692. The molecule has 3 aromatic heterocycles. The molecule has 8 rings (SSSR count). The molecule has 0 unspecified atom stereocenters. The Morgan fingerprint density at radius 3 is 2.11 bits per heavy atom. The number of nitrogens with zero attached hydrogens (tertiary/aromatic N) is 1. The van der Waals surface area contributed by atoms with E-state index in [2.05, 4.69) is 70.2 Å². The third-order valence-corrected chi connectivity index (χ3v) is 7.38. The second-order valence-electron chi connectivity index (χ2n) is 9.40. The van der Waals surface area contributed by atoms with Crippen LogP contribution in [0.15, 0.2) is 124 Å². The van der Waals surface area contributed by atoms with Gasteiger partial charge in [-0.2, -0.15) is 0 Å². The molecule has 0 saturated carbocycles. The van der Waals surface area contributed by atoms with Crippen molar-refractivity contribution in [1.82, 2.24) is 9.55 Å². The van der Waals surface area contributed by atoms with E-state index in [-0.39, 0.29) is 5.56 Å². The summed E-state index contributed by atoms with van der Waals surface area (Å²) in [6.45, 7) is 0. The molecule has 174 valence electrons. The van der Waals surface area contributed by atoms with E-state index in [4.69, 9.17) is 4.42 Å². The average Bonchev–Trinajstić information content (AvgIpc) is 3.50. The summed E-state index contributed by atoms with van der Waals surface area (Å²) in [6.07, 6.45) is 0. The summed E-state index contributed by atoms with van der Waals surface area (Å²) in [7, 11) is 0. The quantitative estimate of drug-likeness (QED) is 0.273. The molecule has 0 atom stereocenters. The molecule has 0 amide bonds. The largest absolute Gasteiger partial charge is 0.455 e. The standard InChI is InChI=1S/C33H20N2O2/c36-33-26-10-2-1-9-24(26)31-30(34-33)27-11-3-5-14-28(27)35(31)21-18-16-20(17-19-21)22-12-7-13-25-23-8-4-6-15-29(23)37-32(22)25/h1-19H,(H,34,36). The van der Waals surface area contributed by atoms with Crippen molar-refractivity contribution >= 4 is 54.6 Å². The first kappa shape index (κ1) is 20.1. The molecular weight excluding hydrogens is 456 g/mol. The van der Waals surface area contributed by atoms with E-state index in [1.807, 2.05) is 54.6 Å². The number of hydrogen-bond acceptors (Lipinski definition) is 2. The van der Waals surface area contributed by atoms with Gasteiger partial charge in [-0.05, 0) is 35.9 Å². The summed E-state index contributed by atoms with van der Waals surface area (Å²) >= 11 is 0. The Kier molecular flexibility index (Phi) is 4.06. The lowest BCUT2D eigenvalue weighted by molar-refractivity contribution is 0.670. The number of fused-ring (bicyclic) bond motifs is 8. The van der Waals surface area contributed by atoms with Gasteiger partial charge in [0.25, 0.3) is 5.56 Å². The predicted molar refractivity (Wildman–Crippen MR) is 152 cm³/mol. The zero-order chi connectivity index (χ0) is 24.5. The van der Waals surface area contributed by atoms with E-state index in [1.165, 1.54) is 0 Å². The van der Waals surface area contributed by atoms with Gasteiger partial charge >= 0.3 is 0 Å². The summed E-state index contributed by atoms with van der Waals surface area (Å²) < 4.78 is 8.52. The van der Waals surface area contributed by atoms with Crippen LogP contribution in [0.3, 0.4) is 0 Å². The maximum atomic E-state index is 12.9. The van der Waals surface area contributed by atoms with E-state index < -0.39 is 0 Å². The molecule has 0 spiro atoms. The van der Waals surface area contributed by atoms with Crippen LogP contribution in [0.5, 0.6) is 0 Å². The molecule has 0 fully saturated rings. The summed E-state index contributed by atoms with van der Waals surface area (Å²) in [5.41, 5.74) is 7.83. The van der Waals surface area contributed by atoms with E-state index in [9.17, 15) is 4.79 Å². The van der Waals surface area contributed by atoms with Gasteiger partial charge in [0.1, 0.15) is 11.2 Å². The van der Waals surface area contributed by atoms with Crippen LogP contribution in [-0.2, 0) is 0 Å². The molecule has 0 aliphatic heterocycles. The second-order valence-corrected chi connectivity index (χ2v) is 9.40. The van der Waals surface area contributed by atoms with Gasteiger partial charge in [-0.3, -0.25) is 4.79 Å². The first-order valence-corrected chi connectivity index (χ1v) is 12.3. The molecule has 0 bridgehead atoms. The number of hydrogen-bond donors (Lipinski definition) is 1. The van der Waals surface area contributed by atoms with Crippen LogP contribution in [0.1, 0.15) is 0 Å². The Labute approximate surface area is 211 Å². The van der Waals surface area contributed by atoms with Gasteiger partial charge in [-0.25, -0.2) is 0 Å². The van der Waals surface area contributed by atoms with Gasteiger partial charge in [-0.1, -0.05) is 84.9 Å². The Hall–Kier alpha value is -5.09. The molecule has 4 heteroatoms. The van der Waals surface area contributed by atoms with E-state index in [0.717, 1.165) is 66.1 Å². The van der Waals surface area contributed by atoms with Crippen LogP contribution in [-0.4, -0.2) is 9.55 Å². The molecule has 37 heavy (non-hydrogen) atoms. The maximum absolute atomic E-state index is 12.9. The monoisotopic (exact) mass is 476 g/mol. The van der Waals surface area contributed by atoms with Gasteiger partial charge in [-0.15, -0.1) is 0 Å². The molecule has 1 N–H and O–H groups in total. The Morgan fingerprint density at radius 2 is 1.27 bits per heavy atom. The molecule has 5 aromatic carbocycles. The van der Waals surface area contributed by atoms with Crippen molar-refractivity contribution in [1.29, 1.82) is 0 Å². The van der Waals surface area contributed by atoms with E-state index >= 15 is 0 Å². The fourth-order valence-corrected chi connectivity index (χ4v) is 5.72. The molecule has 8 aromatic rings. The number of para-hydroxylation sites is 3. The van der Waals surface area contributed by atoms with E-state index in [1.54, 1.807) is 0 Å². The average molecular weight is 477 g/mol. The Balaban J connectivity index is 1.38. The van der Waals surface area contributed by atoms with Crippen molar-refractivity contribution in [3.63, 3.8) is 0 Å². The minimum Gasteiger partial charge on any atom is -0.455 e. The number of nitrogens with one attached hydrogen (secondary N) is 1. The number of H-pyrrole nitrogens is 1. The Bertz CT molecular complexity index is 2210. The topological polar surface area (TPSA) is 50.9 Å². The molecule has 4 nitrogen and oxygen atoms in total. The smallest absolute Gasteiger partial charge is 0.256 e. The lowest BCUT2D eigenvalue weighted by Gasteiger charge is -2.11. The van der Waals surface area contributed by atoms with Crippen LogP contribution in [0.2, 0.25) is 0 Å². The van der Waals surface area contributed by atoms with Gasteiger partial charge in [0, 0.05) is 38.2 Å². The molecule has 0 aliphatic rings. The lowest BCUT2D eigenvalue weighted by Crippen LogP contribution is -2.06. The fraction of sp³-hybridized carbons (Fsp3) is 0. The highest BCUT2D eigenvalue weighted by Crippen LogP contribution is 2.37. The molecule has 0 saturated heterocycles. The van der Waals surface area contributed by atoms with Crippen LogP contribution in [0.25, 0.3) is 71.5 Å². The third-order valence-electron chi connectivity index (χ3n) is 7.38. The van der Waals surface area contributed by atoms with Crippen LogP contribution in [0, 0.1) is 0 Å². The van der Waals surface area contributed by atoms with Crippen LogP contribution >= 0.6 is 0 Å². The second kappa shape index (κ2) is 7.45. The normalized spacial score (nSPS) is 11.9. The summed E-state index contributed by atoms with van der Waals surface area (Å²) in [4.78, 5) is 16.0. The Morgan fingerprint density at radius 1 is 0.595 bits per heavy atom. The first-order chi connectivity index (χ1) is 18.3. The van der Waals surface area contributed by atoms with Crippen molar-refractivity contribution in [3.05, 3.63) is 126 Å². The predicted octanol–water partition coefficient (Wildman–Crippen LogP) is 8.19. The molecule has 0 radical (unpaired) electrons. The SMILES string of the molecule is O=c1[nH]c2c3ccccc3n(-c3ccc(-c4cccc5c4oc4ccccc45)cc3)c2c2ccccc12. The highest BCUT2D eigenvalue weighted by Gasteiger charge is 2.17. The molecule has 0 aliphatic carbocycles. The summed E-state index contributed by atoms with van der Waals surface area (Å²) in [6, 6.07) is 39.1. The highest BCUT2D eigenvalue weighted by atomic mass is 16.3. The zero-order valence-corrected chi connectivity index (χ0v) is 19.7. The minimum atomic E-state index is -0.0692. The zero-order valence-electron chi connectivity index (χ0n) is 19.7. The number of rotatable bonds is 2. The van der Waals surface area contributed by atoms with Crippen molar-refractivity contribution in [2.45, 2.75) is 0 Å². The summed E-state index contributed by atoms with van der Waals surface area (Å²) in [5.74, 6) is 0. The number of aromatic amines is 1. The van der Waals surface area contributed by atoms with Crippen molar-refractivity contribution < 1.29 is 4.42 Å². The van der Waals surface area contributed by atoms with Gasteiger partial charge in [0.15, 0.2) is 0 Å². The summed E-state index contributed by atoms with van der Waals surface area (Å²) in [5, 5.41) is 4.90.